The second-order valence-corrected chi connectivity index (χ2v) is 9.39. The van der Waals surface area contributed by atoms with Gasteiger partial charge in [0.2, 0.25) is 0 Å². The van der Waals surface area contributed by atoms with Gasteiger partial charge in [0, 0.05) is 32.8 Å². The van der Waals surface area contributed by atoms with Crippen LogP contribution < -0.4 is 11.2 Å². The number of hydrogen-bond acceptors (Lipinski definition) is 3. The molecular weight excluding hydrogens is 442 g/mol. The predicted molar refractivity (Wildman–Crippen MR) is 151 cm³/mol. The van der Waals surface area contributed by atoms with Crippen molar-refractivity contribution in [3.8, 4) is 0 Å². The van der Waals surface area contributed by atoms with Crippen molar-refractivity contribution in [2.75, 3.05) is 5.43 Å². The summed E-state index contributed by atoms with van der Waals surface area (Å²) >= 11 is 0. The molecule has 174 valence electrons. The van der Waals surface area contributed by atoms with Crippen molar-refractivity contribution >= 4 is 55.0 Å². The molecule has 1 aliphatic carbocycles. The first kappa shape index (κ1) is 20.7. The van der Waals surface area contributed by atoms with E-state index in [1.54, 1.807) is 0 Å². The topological polar surface area (TPSA) is 56.1 Å². The second kappa shape index (κ2) is 7.92. The van der Waals surface area contributed by atoms with Crippen LogP contribution in [0.5, 0.6) is 0 Å². The Morgan fingerprint density at radius 2 is 1.67 bits per heavy atom. The highest BCUT2D eigenvalue weighted by molar-refractivity contribution is 6.17. The van der Waals surface area contributed by atoms with Crippen LogP contribution in [0, 0.1) is 0 Å². The molecule has 0 bridgehead atoms. The Morgan fingerprint density at radius 1 is 0.861 bits per heavy atom. The van der Waals surface area contributed by atoms with Gasteiger partial charge in [-0.05, 0) is 35.8 Å². The van der Waals surface area contributed by atoms with Crippen molar-refractivity contribution in [1.29, 1.82) is 0 Å². The summed E-state index contributed by atoms with van der Waals surface area (Å²) in [5, 5.41) is 4.44. The van der Waals surface area contributed by atoms with Crippen molar-refractivity contribution in [3.05, 3.63) is 121 Å². The largest absolute Gasteiger partial charge is 0.456 e. The van der Waals surface area contributed by atoms with E-state index in [1.807, 2.05) is 30.3 Å². The van der Waals surface area contributed by atoms with Gasteiger partial charge in [0.1, 0.15) is 11.2 Å². The summed E-state index contributed by atoms with van der Waals surface area (Å²) < 4.78 is 8.42. The quantitative estimate of drug-likeness (QED) is 0.281. The number of benzene rings is 4. The number of allylic oxidation sites excluding steroid dienone is 2. The van der Waals surface area contributed by atoms with Gasteiger partial charge >= 0.3 is 0 Å². The zero-order valence-electron chi connectivity index (χ0n) is 19.7. The van der Waals surface area contributed by atoms with E-state index in [1.165, 1.54) is 11.1 Å². The fourth-order valence-electron chi connectivity index (χ4n) is 5.44. The maximum Gasteiger partial charge on any atom is 0.136 e. The minimum absolute atomic E-state index is 0.111. The molecule has 4 heteroatoms. The lowest BCUT2D eigenvalue weighted by molar-refractivity contribution is 0.669. The number of hydrogen-bond donors (Lipinski definition) is 2. The van der Waals surface area contributed by atoms with E-state index in [2.05, 4.69) is 89.5 Å². The minimum atomic E-state index is 0.111. The van der Waals surface area contributed by atoms with Crippen LogP contribution in [0.2, 0.25) is 0 Å². The lowest BCUT2D eigenvalue weighted by atomic mass is 9.97. The Hall–Kier alpha value is -4.70. The Kier molecular flexibility index (Phi) is 4.55. The summed E-state index contributed by atoms with van der Waals surface area (Å²) in [6.45, 7) is 4.07. The van der Waals surface area contributed by atoms with Gasteiger partial charge in [-0.2, -0.15) is 0 Å². The van der Waals surface area contributed by atoms with Crippen LogP contribution in [0.3, 0.4) is 0 Å². The molecule has 6 aromatic rings. The molecule has 0 amide bonds. The smallest absolute Gasteiger partial charge is 0.136 e. The monoisotopic (exact) mass is 467 g/mol. The van der Waals surface area contributed by atoms with Crippen LogP contribution in [-0.4, -0.2) is 10.7 Å². The van der Waals surface area contributed by atoms with Gasteiger partial charge in [-0.1, -0.05) is 91.5 Å². The first-order valence-electron chi connectivity index (χ1n) is 12.2. The molecular formula is C32H25N3O. The second-order valence-electron chi connectivity index (χ2n) is 9.39. The molecule has 0 aliphatic heterocycles. The van der Waals surface area contributed by atoms with Crippen molar-refractivity contribution in [3.63, 3.8) is 0 Å². The third-order valence-electron chi connectivity index (χ3n) is 7.10. The predicted octanol–water partition coefficient (Wildman–Crippen LogP) is 7.58. The Labute approximate surface area is 208 Å². The van der Waals surface area contributed by atoms with Gasteiger partial charge in [-0.25, -0.2) is 0 Å². The van der Waals surface area contributed by atoms with Crippen molar-refractivity contribution in [1.82, 2.24) is 4.68 Å². The van der Waals surface area contributed by atoms with Crippen LogP contribution in [0.1, 0.15) is 17.5 Å². The fraction of sp³-hybridized carbons (Fsp3) is 0.0625. The Morgan fingerprint density at radius 3 is 2.53 bits per heavy atom. The number of aromatic nitrogens is 1. The lowest BCUT2D eigenvalue weighted by Crippen LogP contribution is -2.27. The number of nitrogens with one attached hydrogen (secondary N) is 1. The van der Waals surface area contributed by atoms with E-state index >= 15 is 0 Å². The Bertz CT molecular complexity index is 1870. The molecule has 2 aromatic heterocycles. The van der Waals surface area contributed by atoms with Gasteiger partial charge < -0.3 is 15.6 Å². The van der Waals surface area contributed by atoms with E-state index in [9.17, 15) is 0 Å². The van der Waals surface area contributed by atoms with Crippen LogP contribution in [0.4, 0.5) is 0 Å². The number of rotatable bonds is 4. The molecule has 1 atom stereocenters. The minimum Gasteiger partial charge on any atom is -0.456 e. The number of nitrogens with two attached hydrogens (primary N) is 1. The summed E-state index contributed by atoms with van der Waals surface area (Å²) in [5.74, 6) is 0. The van der Waals surface area contributed by atoms with Crippen molar-refractivity contribution in [2.24, 2.45) is 5.73 Å². The molecule has 1 unspecified atom stereocenters. The van der Waals surface area contributed by atoms with Crippen LogP contribution in [-0.2, 0) is 0 Å². The molecule has 4 aromatic carbocycles. The van der Waals surface area contributed by atoms with Crippen molar-refractivity contribution in [2.45, 2.75) is 12.5 Å². The van der Waals surface area contributed by atoms with Crippen LogP contribution >= 0.6 is 0 Å². The SMILES string of the molecule is C=C(N)c1cccc2c3cc4oc5ccccc5c4cc3n(NC3C=C(c4ccccc4)C=CC3)c12. The molecule has 0 spiro atoms. The van der Waals surface area contributed by atoms with E-state index in [-0.39, 0.29) is 6.04 Å². The van der Waals surface area contributed by atoms with Gasteiger partial charge in [-0.3, -0.25) is 4.68 Å². The standard InChI is InChI=1S/C32H25N3O/c1-20(33)24-14-8-15-26-27-19-31-28(25-13-5-6-16-30(25)36-31)18-29(27)35(32(24)26)34-23-12-7-11-22(17-23)21-9-3-2-4-10-21/h2-11,13-19,23,34H,1,12,33H2. The molecule has 3 N–H and O–H groups in total. The van der Waals surface area contributed by atoms with E-state index < -0.39 is 0 Å². The number of furan rings is 1. The normalized spacial score (nSPS) is 15.7. The molecule has 0 saturated heterocycles. The van der Waals surface area contributed by atoms with E-state index in [0.717, 1.165) is 55.7 Å². The van der Waals surface area contributed by atoms with Crippen LogP contribution in [0.25, 0.3) is 55.0 Å². The third kappa shape index (κ3) is 3.15. The van der Waals surface area contributed by atoms with Gasteiger partial charge in [0.05, 0.1) is 17.1 Å². The maximum absolute atomic E-state index is 6.28. The highest BCUT2D eigenvalue weighted by Gasteiger charge is 2.20. The average molecular weight is 468 g/mol. The summed E-state index contributed by atoms with van der Waals surface area (Å²) in [5.41, 5.74) is 17.9. The summed E-state index contributed by atoms with van der Waals surface area (Å²) in [4.78, 5) is 0. The highest BCUT2D eigenvalue weighted by atomic mass is 16.3. The fourth-order valence-corrected chi connectivity index (χ4v) is 5.44. The summed E-state index contributed by atoms with van der Waals surface area (Å²) in [7, 11) is 0. The molecule has 2 heterocycles. The Balaban J connectivity index is 1.47. The van der Waals surface area contributed by atoms with E-state index in [4.69, 9.17) is 10.2 Å². The van der Waals surface area contributed by atoms with Crippen molar-refractivity contribution < 1.29 is 4.42 Å². The van der Waals surface area contributed by atoms with Gasteiger partial charge in [-0.15, -0.1) is 0 Å². The molecule has 1 aliphatic rings. The zero-order chi connectivity index (χ0) is 24.2. The van der Waals surface area contributed by atoms with Crippen LogP contribution in [0.15, 0.2) is 114 Å². The average Bonchev–Trinajstić information content (AvgIpc) is 3.43. The number of fused-ring (bicyclic) bond motifs is 6. The summed E-state index contributed by atoms with van der Waals surface area (Å²) in [6.07, 6.45) is 7.63. The molecule has 7 rings (SSSR count). The van der Waals surface area contributed by atoms with Gasteiger partial charge in [0.15, 0.2) is 0 Å². The van der Waals surface area contributed by atoms with E-state index in [0.29, 0.717) is 5.70 Å². The molecule has 36 heavy (non-hydrogen) atoms. The zero-order valence-corrected chi connectivity index (χ0v) is 19.7. The third-order valence-corrected chi connectivity index (χ3v) is 7.10. The summed E-state index contributed by atoms with van der Waals surface area (Å²) in [6, 6.07) is 29.4. The molecule has 4 nitrogen and oxygen atoms in total. The molecule has 0 fully saturated rings. The number of nitrogens with zero attached hydrogens (tertiary/aromatic N) is 1. The first-order valence-corrected chi connectivity index (χ1v) is 12.2. The highest BCUT2D eigenvalue weighted by Crippen LogP contribution is 2.38. The lowest BCUT2D eigenvalue weighted by Gasteiger charge is -2.22. The maximum atomic E-state index is 6.28. The number of para-hydroxylation sites is 2. The molecule has 0 saturated carbocycles. The first-order chi connectivity index (χ1) is 17.7. The van der Waals surface area contributed by atoms with Gasteiger partial charge in [0.25, 0.3) is 0 Å². The molecule has 0 radical (unpaired) electrons.